The number of amides is 2. The molecule has 0 aliphatic heterocycles. The fourth-order valence-electron chi connectivity index (χ4n) is 4.16. The standard InChI is InChI=1S/C26H24N4O4S/c1-2-16-8-10-17(11-9-16)30-13-12-20(31)23(29-30)25(33)28-26-22(19-6-3-7-21(19)35-26)24(32)27-15-18-5-4-14-34-18/h4-5,8-14H,2-3,6-7,15H2,1H3,(H,27,32)(H,28,33). The molecule has 35 heavy (non-hydrogen) atoms. The van der Waals surface area contributed by atoms with E-state index in [2.05, 4.69) is 22.7 Å². The van der Waals surface area contributed by atoms with Gasteiger partial charge in [0.05, 0.1) is 24.1 Å². The summed E-state index contributed by atoms with van der Waals surface area (Å²) in [6, 6.07) is 12.6. The Morgan fingerprint density at radius 2 is 1.94 bits per heavy atom. The second-order valence-corrected chi connectivity index (χ2v) is 9.38. The van der Waals surface area contributed by atoms with Crippen LogP contribution in [-0.2, 0) is 25.8 Å². The minimum atomic E-state index is -0.644. The number of hydrogen-bond acceptors (Lipinski definition) is 6. The van der Waals surface area contributed by atoms with Crippen LogP contribution >= 0.6 is 11.3 Å². The van der Waals surface area contributed by atoms with Gasteiger partial charge in [-0.2, -0.15) is 5.10 Å². The van der Waals surface area contributed by atoms with Crippen molar-refractivity contribution in [1.82, 2.24) is 15.1 Å². The first kappa shape index (κ1) is 22.8. The number of benzene rings is 1. The number of aromatic nitrogens is 2. The van der Waals surface area contributed by atoms with Crippen LogP contribution in [0.2, 0.25) is 0 Å². The van der Waals surface area contributed by atoms with E-state index in [9.17, 15) is 14.4 Å². The number of nitrogens with zero attached hydrogens (tertiary/aromatic N) is 2. The SMILES string of the molecule is CCc1ccc(-n2ccc(=O)c(C(=O)Nc3sc4c(c3C(=O)NCc3ccco3)CCC4)n2)cc1. The first-order chi connectivity index (χ1) is 17.0. The van der Waals surface area contributed by atoms with Crippen molar-refractivity contribution < 1.29 is 14.0 Å². The van der Waals surface area contributed by atoms with Gasteiger partial charge in [-0.15, -0.1) is 11.3 Å². The number of anilines is 1. The second-order valence-electron chi connectivity index (χ2n) is 8.27. The van der Waals surface area contributed by atoms with Crippen molar-refractivity contribution in [1.29, 1.82) is 0 Å². The highest BCUT2D eigenvalue weighted by Gasteiger charge is 2.28. The summed E-state index contributed by atoms with van der Waals surface area (Å²) in [5, 5.41) is 10.4. The molecule has 178 valence electrons. The number of hydrogen-bond donors (Lipinski definition) is 2. The van der Waals surface area contributed by atoms with Crippen LogP contribution in [0.4, 0.5) is 5.00 Å². The highest BCUT2D eigenvalue weighted by atomic mass is 32.1. The van der Waals surface area contributed by atoms with E-state index in [4.69, 9.17) is 4.42 Å². The Balaban J connectivity index is 1.41. The molecule has 0 spiro atoms. The molecule has 1 aromatic carbocycles. The Labute approximate surface area is 205 Å². The second kappa shape index (κ2) is 9.71. The molecule has 2 N–H and O–H groups in total. The number of aryl methyl sites for hydroxylation is 2. The van der Waals surface area contributed by atoms with E-state index < -0.39 is 11.3 Å². The maximum Gasteiger partial charge on any atom is 0.280 e. The van der Waals surface area contributed by atoms with Gasteiger partial charge in [-0.05, 0) is 61.1 Å². The first-order valence-electron chi connectivity index (χ1n) is 11.5. The van der Waals surface area contributed by atoms with E-state index in [1.807, 2.05) is 24.3 Å². The summed E-state index contributed by atoms with van der Waals surface area (Å²) in [7, 11) is 0. The van der Waals surface area contributed by atoms with Crippen LogP contribution in [0, 0.1) is 0 Å². The van der Waals surface area contributed by atoms with Gasteiger partial charge < -0.3 is 15.1 Å². The van der Waals surface area contributed by atoms with Crippen molar-refractivity contribution in [3.8, 4) is 5.69 Å². The lowest BCUT2D eigenvalue weighted by molar-refractivity contribution is 0.0948. The lowest BCUT2D eigenvalue weighted by atomic mass is 10.1. The van der Waals surface area contributed by atoms with Crippen molar-refractivity contribution in [3.63, 3.8) is 0 Å². The molecule has 3 aromatic heterocycles. The van der Waals surface area contributed by atoms with Gasteiger partial charge in [-0.3, -0.25) is 14.4 Å². The zero-order valence-electron chi connectivity index (χ0n) is 19.2. The van der Waals surface area contributed by atoms with Crippen LogP contribution in [-0.4, -0.2) is 21.6 Å². The highest BCUT2D eigenvalue weighted by Crippen LogP contribution is 2.39. The Morgan fingerprint density at radius 1 is 1.11 bits per heavy atom. The Kier molecular flexibility index (Phi) is 6.33. The van der Waals surface area contributed by atoms with E-state index in [0.29, 0.717) is 16.3 Å². The zero-order valence-corrected chi connectivity index (χ0v) is 20.0. The molecule has 0 saturated heterocycles. The average Bonchev–Trinajstić information content (AvgIpc) is 3.61. The molecule has 0 saturated carbocycles. The Morgan fingerprint density at radius 3 is 2.69 bits per heavy atom. The lowest BCUT2D eigenvalue weighted by Crippen LogP contribution is -2.27. The van der Waals surface area contributed by atoms with Crippen LogP contribution in [0.1, 0.15) is 56.0 Å². The third-order valence-corrected chi connectivity index (χ3v) is 7.22. The van der Waals surface area contributed by atoms with Gasteiger partial charge in [0.2, 0.25) is 5.43 Å². The highest BCUT2D eigenvalue weighted by molar-refractivity contribution is 7.17. The molecule has 5 rings (SSSR count). The molecular weight excluding hydrogens is 464 g/mol. The predicted octanol–water partition coefficient (Wildman–Crippen LogP) is 4.12. The molecule has 0 fully saturated rings. The molecule has 2 amide bonds. The van der Waals surface area contributed by atoms with Crippen LogP contribution < -0.4 is 16.1 Å². The van der Waals surface area contributed by atoms with E-state index in [1.165, 1.54) is 33.8 Å². The third kappa shape index (κ3) is 4.67. The molecule has 8 nitrogen and oxygen atoms in total. The smallest absolute Gasteiger partial charge is 0.280 e. The van der Waals surface area contributed by atoms with Crippen molar-refractivity contribution >= 4 is 28.2 Å². The van der Waals surface area contributed by atoms with Crippen LogP contribution in [0.5, 0.6) is 0 Å². The quantitative estimate of drug-likeness (QED) is 0.407. The molecule has 1 aliphatic carbocycles. The van der Waals surface area contributed by atoms with Gasteiger partial charge in [0, 0.05) is 17.1 Å². The number of nitrogens with one attached hydrogen (secondary N) is 2. The number of carbonyl (C=O) groups is 2. The Hall–Kier alpha value is -3.98. The number of fused-ring (bicyclic) bond motifs is 1. The minimum absolute atomic E-state index is 0.234. The fraction of sp³-hybridized carbons (Fsp3) is 0.231. The molecule has 9 heteroatoms. The molecule has 3 heterocycles. The van der Waals surface area contributed by atoms with Gasteiger partial charge in [-0.1, -0.05) is 19.1 Å². The number of furan rings is 1. The molecule has 0 radical (unpaired) electrons. The first-order valence-corrected chi connectivity index (χ1v) is 12.3. The third-order valence-electron chi connectivity index (χ3n) is 6.01. The summed E-state index contributed by atoms with van der Waals surface area (Å²) in [5.41, 5.74) is 2.60. The number of rotatable bonds is 7. The van der Waals surface area contributed by atoms with Crippen LogP contribution in [0.25, 0.3) is 5.69 Å². The van der Waals surface area contributed by atoms with Crippen LogP contribution in [0.3, 0.4) is 0 Å². The molecular formula is C26H24N4O4S. The summed E-state index contributed by atoms with van der Waals surface area (Å²) in [4.78, 5) is 39.8. The molecule has 0 atom stereocenters. The summed E-state index contributed by atoms with van der Waals surface area (Å²) in [5.74, 6) is -0.295. The topological polar surface area (TPSA) is 106 Å². The summed E-state index contributed by atoms with van der Waals surface area (Å²) >= 11 is 1.38. The number of carbonyl (C=O) groups excluding carboxylic acids is 2. The van der Waals surface area contributed by atoms with Gasteiger partial charge in [0.1, 0.15) is 10.8 Å². The van der Waals surface area contributed by atoms with Crippen molar-refractivity contribution in [2.24, 2.45) is 0 Å². The summed E-state index contributed by atoms with van der Waals surface area (Å²) < 4.78 is 6.79. The minimum Gasteiger partial charge on any atom is -0.467 e. The molecule has 0 bridgehead atoms. The van der Waals surface area contributed by atoms with Crippen molar-refractivity contribution in [3.05, 3.63) is 98.2 Å². The fourth-order valence-corrected chi connectivity index (χ4v) is 5.44. The van der Waals surface area contributed by atoms with E-state index in [1.54, 1.807) is 18.4 Å². The maximum absolute atomic E-state index is 13.1. The van der Waals surface area contributed by atoms with Crippen molar-refractivity contribution in [2.75, 3.05) is 5.32 Å². The van der Waals surface area contributed by atoms with Crippen LogP contribution in [0.15, 0.2) is 64.1 Å². The molecule has 0 unspecified atom stereocenters. The van der Waals surface area contributed by atoms with E-state index in [0.717, 1.165) is 41.8 Å². The van der Waals surface area contributed by atoms with E-state index >= 15 is 0 Å². The zero-order chi connectivity index (χ0) is 24.4. The average molecular weight is 489 g/mol. The molecule has 1 aliphatic rings. The molecule has 4 aromatic rings. The largest absolute Gasteiger partial charge is 0.467 e. The summed E-state index contributed by atoms with van der Waals surface area (Å²) in [6.07, 6.45) is 6.59. The van der Waals surface area contributed by atoms with Gasteiger partial charge in [-0.25, -0.2) is 4.68 Å². The lowest BCUT2D eigenvalue weighted by Gasteiger charge is -2.10. The number of thiophene rings is 1. The monoisotopic (exact) mass is 488 g/mol. The van der Waals surface area contributed by atoms with Gasteiger partial charge in [0.25, 0.3) is 11.8 Å². The Bertz CT molecular complexity index is 1440. The maximum atomic E-state index is 13.1. The predicted molar refractivity (Wildman–Crippen MR) is 133 cm³/mol. The van der Waals surface area contributed by atoms with Gasteiger partial charge >= 0.3 is 0 Å². The van der Waals surface area contributed by atoms with E-state index in [-0.39, 0.29) is 18.1 Å². The van der Waals surface area contributed by atoms with Gasteiger partial charge in [0.15, 0.2) is 5.69 Å². The van der Waals surface area contributed by atoms with Crippen molar-refractivity contribution in [2.45, 2.75) is 39.2 Å². The normalized spacial score (nSPS) is 12.4. The summed E-state index contributed by atoms with van der Waals surface area (Å²) in [6.45, 7) is 2.31.